The second-order valence-electron chi connectivity index (χ2n) is 14.8. The van der Waals surface area contributed by atoms with Gasteiger partial charge < -0.3 is 20.1 Å². The molecule has 0 aromatic rings. The van der Waals surface area contributed by atoms with Crippen LogP contribution < -0.4 is 10.6 Å². The average molecular weight is 573 g/mol. The summed E-state index contributed by atoms with van der Waals surface area (Å²) >= 11 is 0. The Balaban J connectivity index is 1.26. The van der Waals surface area contributed by atoms with Crippen LogP contribution in [0, 0.1) is 46.3 Å². The number of carbonyl (C=O) groups excluding carboxylic acids is 2. The SMILES string of the molecule is CCOCCC(=O)NCCNC(=O)OC1CC[C@@]2(C)C(=CC[C@H]3[C@@H]4CC[C@H]([C@H](C)CCCC(C)C)[C@@]4(C)CC[C@@H]32)C1. The van der Waals surface area contributed by atoms with Crippen LogP contribution in [0.1, 0.15) is 119 Å². The van der Waals surface area contributed by atoms with Gasteiger partial charge in [-0.3, -0.25) is 4.79 Å². The van der Waals surface area contributed by atoms with Crippen LogP contribution in [0.5, 0.6) is 0 Å². The predicted octanol–water partition coefficient (Wildman–Crippen LogP) is 7.67. The summed E-state index contributed by atoms with van der Waals surface area (Å²) in [6.45, 7) is 16.2. The van der Waals surface area contributed by atoms with Crippen molar-refractivity contribution >= 4 is 12.0 Å². The molecule has 2 N–H and O–H groups in total. The largest absolute Gasteiger partial charge is 0.446 e. The van der Waals surface area contributed by atoms with Gasteiger partial charge in [-0.15, -0.1) is 0 Å². The molecule has 4 rings (SSSR count). The Hall–Kier alpha value is -1.56. The van der Waals surface area contributed by atoms with Gasteiger partial charge in [0.05, 0.1) is 6.61 Å². The molecule has 0 bridgehead atoms. The molecule has 234 valence electrons. The van der Waals surface area contributed by atoms with E-state index < -0.39 is 0 Å². The first-order valence-corrected chi connectivity index (χ1v) is 17.1. The smallest absolute Gasteiger partial charge is 0.407 e. The summed E-state index contributed by atoms with van der Waals surface area (Å²) in [6, 6.07) is 0. The van der Waals surface area contributed by atoms with Crippen molar-refractivity contribution in [3.63, 3.8) is 0 Å². The molecule has 4 aliphatic rings. The Labute approximate surface area is 250 Å². The van der Waals surface area contributed by atoms with Gasteiger partial charge in [0.2, 0.25) is 5.91 Å². The zero-order valence-corrected chi connectivity index (χ0v) is 27.1. The number of fused-ring (bicyclic) bond motifs is 5. The predicted molar refractivity (Wildman–Crippen MR) is 165 cm³/mol. The maximum absolute atomic E-state index is 12.5. The van der Waals surface area contributed by atoms with Gasteiger partial charge in [-0.1, -0.05) is 65.5 Å². The molecule has 0 heterocycles. The first kappa shape index (κ1) is 32.4. The summed E-state index contributed by atoms with van der Waals surface area (Å²) in [7, 11) is 0. The van der Waals surface area contributed by atoms with Crippen LogP contribution in [0.2, 0.25) is 0 Å². The Bertz CT molecular complexity index is 918. The number of hydrogen-bond acceptors (Lipinski definition) is 4. The molecular weight excluding hydrogens is 512 g/mol. The number of alkyl carbamates (subject to hydrolysis) is 1. The number of ether oxygens (including phenoxy) is 2. The number of carbonyl (C=O) groups is 2. The van der Waals surface area contributed by atoms with Gasteiger partial charge in [-0.2, -0.15) is 0 Å². The molecule has 0 aromatic heterocycles. The molecule has 0 radical (unpaired) electrons. The molecule has 0 aromatic carbocycles. The minimum absolute atomic E-state index is 0.0527. The quantitative estimate of drug-likeness (QED) is 0.175. The highest BCUT2D eigenvalue weighted by Gasteiger charge is 2.59. The van der Waals surface area contributed by atoms with E-state index in [0.717, 1.165) is 54.8 Å². The number of amides is 2. The Morgan fingerprint density at radius 1 is 1.00 bits per heavy atom. The van der Waals surface area contributed by atoms with E-state index in [1.807, 2.05) is 6.92 Å². The highest BCUT2D eigenvalue weighted by atomic mass is 16.6. The van der Waals surface area contributed by atoms with Gasteiger partial charge in [0.25, 0.3) is 0 Å². The van der Waals surface area contributed by atoms with Crippen LogP contribution >= 0.6 is 0 Å². The van der Waals surface area contributed by atoms with Crippen LogP contribution in [0.4, 0.5) is 4.79 Å². The highest BCUT2D eigenvalue weighted by molar-refractivity contribution is 5.76. The summed E-state index contributed by atoms with van der Waals surface area (Å²) in [5.74, 6) is 4.96. The number of allylic oxidation sites excluding steroid dienone is 1. The van der Waals surface area contributed by atoms with Crippen LogP contribution in [0.25, 0.3) is 0 Å². The highest BCUT2D eigenvalue weighted by Crippen LogP contribution is 2.67. The normalized spacial score (nSPS) is 35.1. The number of hydrogen-bond donors (Lipinski definition) is 2. The van der Waals surface area contributed by atoms with Crippen molar-refractivity contribution in [3.8, 4) is 0 Å². The third kappa shape index (κ3) is 7.51. The van der Waals surface area contributed by atoms with Crippen LogP contribution in [-0.2, 0) is 14.3 Å². The molecule has 0 saturated heterocycles. The Morgan fingerprint density at radius 3 is 2.54 bits per heavy atom. The minimum Gasteiger partial charge on any atom is -0.446 e. The lowest BCUT2D eigenvalue weighted by Gasteiger charge is -2.58. The molecule has 0 spiro atoms. The number of rotatable bonds is 13. The van der Waals surface area contributed by atoms with Crippen molar-refractivity contribution in [3.05, 3.63) is 11.6 Å². The Kier molecular flexibility index (Phi) is 11.3. The lowest BCUT2D eigenvalue weighted by molar-refractivity contribution is -0.122. The molecule has 8 atom stereocenters. The fourth-order valence-corrected chi connectivity index (χ4v) is 9.71. The van der Waals surface area contributed by atoms with Crippen molar-refractivity contribution in [1.82, 2.24) is 10.6 Å². The lowest BCUT2D eigenvalue weighted by atomic mass is 9.47. The van der Waals surface area contributed by atoms with Gasteiger partial charge in [0, 0.05) is 32.5 Å². The molecule has 4 aliphatic carbocycles. The zero-order chi connectivity index (χ0) is 29.6. The van der Waals surface area contributed by atoms with Crippen LogP contribution in [0.3, 0.4) is 0 Å². The standard InChI is InChI=1S/C35H60N2O4/c1-7-40-22-17-32(38)36-20-21-37-33(39)41-27-15-18-34(5)26(23-27)11-12-28-30-14-13-29(25(4)10-8-9-24(2)3)35(30,6)19-16-31(28)34/h11,24-25,27-31H,7-10,12-23H2,1-6H3,(H,36,38)(H,37,39)/t25-,27?,28+,29-,30+,31+,34+,35-/m1/s1. The zero-order valence-electron chi connectivity index (χ0n) is 27.1. The van der Waals surface area contributed by atoms with E-state index in [2.05, 4.69) is 51.3 Å². The second-order valence-corrected chi connectivity index (χ2v) is 14.8. The summed E-state index contributed by atoms with van der Waals surface area (Å²) in [4.78, 5) is 24.3. The van der Waals surface area contributed by atoms with E-state index in [1.54, 1.807) is 5.57 Å². The third-order valence-electron chi connectivity index (χ3n) is 11.9. The number of nitrogens with one attached hydrogen (secondary N) is 2. The molecular formula is C35H60N2O4. The van der Waals surface area contributed by atoms with Gasteiger partial charge >= 0.3 is 6.09 Å². The van der Waals surface area contributed by atoms with E-state index >= 15 is 0 Å². The minimum atomic E-state index is -0.371. The first-order chi connectivity index (χ1) is 19.6. The van der Waals surface area contributed by atoms with E-state index in [4.69, 9.17) is 9.47 Å². The van der Waals surface area contributed by atoms with Crippen molar-refractivity contribution in [2.24, 2.45) is 46.3 Å². The monoisotopic (exact) mass is 572 g/mol. The summed E-state index contributed by atoms with van der Waals surface area (Å²) in [5.41, 5.74) is 2.32. The van der Waals surface area contributed by atoms with Gasteiger partial charge in [0.15, 0.2) is 0 Å². The molecule has 6 nitrogen and oxygen atoms in total. The molecule has 41 heavy (non-hydrogen) atoms. The molecule has 3 saturated carbocycles. The molecule has 2 amide bonds. The van der Waals surface area contributed by atoms with Crippen molar-refractivity contribution < 1.29 is 19.1 Å². The van der Waals surface area contributed by atoms with Gasteiger partial charge in [0.1, 0.15) is 6.10 Å². The van der Waals surface area contributed by atoms with E-state index in [1.165, 1.54) is 51.4 Å². The maximum Gasteiger partial charge on any atom is 0.407 e. The van der Waals surface area contributed by atoms with E-state index in [9.17, 15) is 9.59 Å². The fraction of sp³-hybridized carbons (Fsp3) is 0.886. The van der Waals surface area contributed by atoms with Crippen molar-refractivity contribution in [2.75, 3.05) is 26.3 Å². The fourth-order valence-electron chi connectivity index (χ4n) is 9.71. The molecule has 0 aliphatic heterocycles. The summed E-state index contributed by atoms with van der Waals surface area (Å²) in [5, 5.41) is 5.62. The maximum atomic E-state index is 12.5. The third-order valence-corrected chi connectivity index (χ3v) is 11.9. The molecule has 3 fully saturated rings. The van der Waals surface area contributed by atoms with E-state index in [-0.39, 0.29) is 23.5 Å². The molecule has 1 unspecified atom stereocenters. The topological polar surface area (TPSA) is 76.7 Å². The van der Waals surface area contributed by atoms with Gasteiger partial charge in [-0.05, 0) is 98.2 Å². The molecule has 6 heteroatoms. The summed E-state index contributed by atoms with van der Waals surface area (Å²) < 4.78 is 11.1. The van der Waals surface area contributed by atoms with Crippen molar-refractivity contribution in [2.45, 2.75) is 125 Å². The summed E-state index contributed by atoms with van der Waals surface area (Å²) in [6.07, 6.45) is 16.4. The first-order valence-electron chi connectivity index (χ1n) is 17.1. The van der Waals surface area contributed by atoms with Crippen LogP contribution in [0.15, 0.2) is 11.6 Å². The van der Waals surface area contributed by atoms with Gasteiger partial charge in [-0.25, -0.2) is 4.79 Å². The second kappa shape index (κ2) is 14.3. The van der Waals surface area contributed by atoms with E-state index in [0.29, 0.717) is 38.1 Å². The Morgan fingerprint density at radius 2 is 1.78 bits per heavy atom. The average Bonchev–Trinajstić information content (AvgIpc) is 3.28. The van der Waals surface area contributed by atoms with Crippen LogP contribution in [-0.4, -0.2) is 44.4 Å². The lowest BCUT2D eigenvalue weighted by Crippen LogP contribution is -2.51. The van der Waals surface area contributed by atoms with Crippen molar-refractivity contribution in [1.29, 1.82) is 0 Å².